The van der Waals surface area contributed by atoms with E-state index in [1.54, 1.807) is 35.2 Å². The van der Waals surface area contributed by atoms with E-state index >= 15 is 0 Å². The number of aryl methyl sites for hydroxylation is 1. The zero-order valence-electron chi connectivity index (χ0n) is 12.9. The van der Waals surface area contributed by atoms with Gasteiger partial charge in [-0.2, -0.15) is 0 Å². The Morgan fingerprint density at radius 3 is 3.04 bits per heavy atom. The molecule has 0 aliphatic heterocycles. The summed E-state index contributed by atoms with van der Waals surface area (Å²) in [6.45, 7) is 0.743. The molecule has 0 fully saturated rings. The Balaban J connectivity index is 1.64. The van der Waals surface area contributed by atoms with Crippen LogP contribution in [-0.4, -0.2) is 29.2 Å². The molecule has 1 heterocycles. The van der Waals surface area contributed by atoms with Gasteiger partial charge >= 0.3 is 5.97 Å². The second-order valence-corrected chi connectivity index (χ2v) is 5.39. The van der Waals surface area contributed by atoms with Gasteiger partial charge in [-0.05, 0) is 37.5 Å². The van der Waals surface area contributed by atoms with E-state index in [2.05, 4.69) is 9.72 Å². The fraction of sp³-hybridized carbons (Fsp3) is 0.353. The molecule has 1 aliphatic rings. The standard InChI is InChI=1S/C17H18N2O4/c1-22-17(21)12-4-2-5-13(10-12)23-9-8-19-11-18-15-7-3-6-14(15)16(19)20/h2,4-5,10-11H,3,6-9H2,1H3. The number of benzene rings is 1. The van der Waals surface area contributed by atoms with Crippen molar-refractivity contribution >= 4 is 5.97 Å². The summed E-state index contributed by atoms with van der Waals surface area (Å²) in [5.41, 5.74) is 2.22. The Morgan fingerprint density at radius 1 is 1.35 bits per heavy atom. The van der Waals surface area contributed by atoms with Crippen LogP contribution in [0.2, 0.25) is 0 Å². The Bertz CT molecular complexity index is 782. The van der Waals surface area contributed by atoms with Crippen LogP contribution in [0.5, 0.6) is 5.75 Å². The number of ether oxygens (including phenoxy) is 2. The Hall–Kier alpha value is -2.63. The lowest BCUT2D eigenvalue weighted by Gasteiger charge is -2.10. The lowest BCUT2D eigenvalue weighted by molar-refractivity contribution is 0.0600. The molecule has 0 bridgehead atoms. The molecular formula is C17H18N2O4. The Labute approximate surface area is 133 Å². The van der Waals surface area contributed by atoms with Crippen molar-refractivity contribution in [1.82, 2.24) is 9.55 Å². The monoisotopic (exact) mass is 314 g/mol. The van der Waals surface area contributed by atoms with Crippen molar-refractivity contribution in [2.45, 2.75) is 25.8 Å². The van der Waals surface area contributed by atoms with Crippen LogP contribution in [0.1, 0.15) is 28.0 Å². The highest BCUT2D eigenvalue weighted by Crippen LogP contribution is 2.16. The maximum absolute atomic E-state index is 12.3. The summed E-state index contributed by atoms with van der Waals surface area (Å²) in [6, 6.07) is 6.77. The summed E-state index contributed by atoms with van der Waals surface area (Å²) in [7, 11) is 1.34. The maximum atomic E-state index is 12.3. The number of aromatic nitrogens is 2. The molecule has 1 aromatic carbocycles. The number of nitrogens with zero attached hydrogens (tertiary/aromatic N) is 2. The van der Waals surface area contributed by atoms with Crippen LogP contribution in [0, 0.1) is 0 Å². The molecule has 2 aromatic rings. The summed E-state index contributed by atoms with van der Waals surface area (Å²) in [6.07, 6.45) is 4.28. The third kappa shape index (κ3) is 3.26. The van der Waals surface area contributed by atoms with Gasteiger partial charge in [-0.3, -0.25) is 9.36 Å². The Morgan fingerprint density at radius 2 is 2.22 bits per heavy atom. The van der Waals surface area contributed by atoms with Gasteiger partial charge in [-0.25, -0.2) is 9.78 Å². The van der Waals surface area contributed by atoms with Crippen molar-refractivity contribution in [2.24, 2.45) is 0 Å². The van der Waals surface area contributed by atoms with E-state index in [1.807, 2.05) is 0 Å². The first-order valence-electron chi connectivity index (χ1n) is 7.57. The number of esters is 1. The van der Waals surface area contributed by atoms with Gasteiger partial charge in [0.15, 0.2) is 0 Å². The third-order valence-electron chi connectivity index (χ3n) is 3.92. The van der Waals surface area contributed by atoms with Crippen LogP contribution in [-0.2, 0) is 24.1 Å². The van der Waals surface area contributed by atoms with Crippen LogP contribution in [0.15, 0.2) is 35.4 Å². The van der Waals surface area contributed by atoms with Crippen molar-refractivity contribution in [2.75, 3.05) is 13.7 Å². The van der Waals surface area contributed by atoms with Gasteiger partial charge in [0.2, 0.25) is 0 Å². The van der Waals surface area contributed by atoms with Crippen LogP contribution in [0.3, 0.4) is 0 Å². The van der Waals surface area contributed by atoms with Gasteiger partial charge in [0.1, 0.15) is 12.4 Å². The molecule has 0 N–H and O–H groups in total. The van der Waals surface area contributed by atoms with Crippen LogP contribution in [0.25, 0.3) is 0 Å². The van der Waals surface area contributed by atoms with E-state index in [1.165, 1.54) is 7.11 Å². The van der Waals surface area contributed by atoms with Crippen molar-refractivity contribution < 1.29 is 14.3 Å². The first-order valence-corrected chi connectivity index (χ1v) is 7.57. The second kappa shape index (κ2) is 6.64. The molecule has 3 rings (SSSR count). The smallest absolute Gasteiger partial charge is 0.337 e. The van der Waals surface area contributed by atoms with E-state index < -0.39 is 5.97 Å². The molecule has 0 radical (unpaired) electrons. The van der Waals surface area contributed by atoms with E-state index in [-0.39, 0.29) is 5.56 Å². The zero-order valence-corrected chi connectivity index (χ0v) is 12.9. The summed E-state index contributed by atoms with van der Waals surface area (Å²) in [5, 5.41) is 0. The van der Waals surface area contributed by atoms with Crippen LogP contribution in [0.4, 0.5) is 0 Å². The van der Waals surface area contributed by atoms with Gasteiger partial charge in [0.25, 0.3) is 5.56 Å². The topological polar surface area (TPSA) is 70.4 Å². The van der Waals surface area contributed by atoms with Crippen molar-refractivity contribution in [3.63, 3.8) is 0 Å². The van der Waals surface area contributed by atoms with E-state index in [0.29, 0.717) is 24.5 Å². The van der Waals surface area contributed by atoms with E-state index in [4.69, 9.17) is 4.74 Å². The molecule has 0 atom stereocenters. The third-order valence-corrected chi connectivity index (χ3v) is 3.92. The normalized spacial score (nSPS) is 12.7. The van der Waals surface area contributed by atoms with Crippen molar-refractivity contribution in [1.29, 1.82) is 0 Å². The molecule has 0 unspecified atom stereocenters. The van der Waals surface area contributed by atoms with E-state index in [9.17, 15) is 9.59 Å². The van der Waals surface area contributed by atoms with Crippen LogP contribution < -0.4 is 10.3 Å². The molecule has 120 valence electrons. The maximum Gasteiger partial charge on any atom is 0.337 e. The fourth-order valence-corrected chi connectivity index (χ4v) is 2.72. The summed E-state index contributed by atoms with van der Waals surface area (Å²) < 4.78 is 11.9. The molecule has 6 nitrogen and oxygen atoms in total. The number of carbonyl (C=O) groups is 1. The average Bonchev–Trinajstić information content (AvgIpc) is 3.06. The van der Waals surface area contributed by atoms with Gasteiger partial charge < -0.3 is 9.47 Å². The molecule has 0 amide bonds. The first kappa shape index (κ1) is 15.3. The first-order chi connectivity index (χ1) is 11.2. The number of fused-ring (bicyclic) bond motifs is 1. The van der Waals surface area contributed by atoms with Gasteiger partial charge in [0, 0.05) is 5.56 Å². The number of methoxy groups -OCH3 is 1. The van der Waals surface area contributed by atoms with E-state index in [0.717, 1.165) is 30.5 Å². The fourth-order valence-electron chi connectivity index (χ4n) is 2.72. The highest BCUT2D eigenvalue weighted by Gasteiger charge is 2.17. The predicted octanol–water partition coefficient (Wildman–Crippen LogP) is 1.60. The molecule has 0 saturated heterocycles. The SMILES string of the molecule is COC(=O)c1cccc(OCCn2cnc3c(c2=O)CCC3)c1. The molecule has 0 spiro atoms. The highest BCUT2D eigenvalue weighted by atomic mass is 16.5. The molecule has 23 heavy (non-hydrogen) atoms. The quantitative estimate of drug-likeness (QED) is 0.784. The lowest BCUT2D eigenvalue weighted by atomic mass is 10.2. The van der Waals surface area contributed by atoms with Crippen LogP contribution >= 0.6 is 0 Å². The number of rotatable bonds is 5. The average molecular weight is 314 g/mol. The molecule has 6 heteroatoms. The predicted molar refractivity (Wildman–Crippen MR) is 83.8 cm³/mol. The minimum absolute atomic E-state index is 0.0272. The largest absolute Gasteiger partial charge is 0.492 e. The zero-order chi connectivity index (χ0) is 16.2. The number of carbonyl (C=O) groups excluding carboxylic acids is 1. The summed E-state index contributed by atoms with van der Waals surface area (Å²) >= 11 is 0. The lowest BCUT2D eigenvalue weighted by Crippen LogP contribution is -2.26. The van der Waals surface area contributed by atoms with Crippen molar-refractivity contribution in [3.8, 4) is 5.75 Å². The summed E-state index contributed by atoms with van der Waals surface area (Å²) in [5.74, 6) is 0.157. The van der Waals surface area contributed by atoms with Crippen molar-refractivity contribution in [3.05, 3.63) is 57.8 Å². The number of hydrogen-bond acceptors (Lipinski definition) is 5. The summed E-state index contributed by atoms with van der Waals surface area (Å²) in [4.78, 5) is 28.1. The molecular weight excluding hydrogens is 296 g/mol. The number of hydrogen-bond donors (Lipinski definition) is 0. The molecule has 1 aliphatic carbocycles. The molecule has 1 aromatic heterocycles. The molecule has 0 saturated carbocycles. The Kier molecular flexibility index (Phi) is 4.41. The van der Waals surface area contributed by atoms with Gasteiger partial charge in [0.05, 0.1) is 31.2 Å². The second-order valence-electron chi connectivity index (χ2n) is 5.39. The minimum atomic E-state index is -0.408. The van der Waals surface area contributed by atoms with Gasteiger partial charge in [-0.1, -0.05) is 6.07 Å². The van der Waals surface area contributed by atoms with Gasteiger partial charge in [-0.15, -0.1) is 0 Å². The minimum Gasteiger partial charge on any atom is -0.492 e. The highest BCUT2D eigenvalue weighted by molar-refractivity contribution is 5.89.